The Morgan fingerprint density at radius 3 is 2.38 bits per heavy atom. The Balaban J connectivity index is 2.23. The molecule has 0 bridgehead atoms. The van der Waals surface area contributed by atoms with Crippen LogP contribution >= 0.6 is 23.2 Å². The Kier molecular flexibility index (Phi) is 6.61. The van der Waals surface area contributed by atoms with Gasteiger partial charge in [-0.15, -0.1) is 0 Å². The molecular weight excluding hydrogens is 377 g/mol. The van der Waals surface area contributed by atoms with E-state index in [1.165, 1.54) is 25.4 Å². The number of esters is 1. The van der Waals surface area contributed by atoms with Crippen LogP contribution in [0.2, 0.25) is 10.0 Å². The Hall–Kier alpha value is -3.01. The van der Waals surface area contributed by atoms with Gasteiger partial charge in [0, 0.05) is 6.20 Å². The van der Waals surface area contributed by atoms with Gasteiger partial charge in [0.25, 0.3) is 5.91 Å². The van der Waals surface area contributed by atoms with Crippen LogP contribution in [0.15, 0.2) is 54.2 Å². The highest BCUT2D eigenvalue weighted by atomic mass is 35.5. The van der Waals surface area contributed by atoms with Crippen LogP contribution in [0, 0.1) is 11.3 Å². The van der Waals surface area contributed by atoms with Gasteiger partial charge in [-0.25, -0.2) is 4.79 Å². The first-order chi connectivity index (χ1) is 12.5. The van der Waals surface area contributed by atoms with Crippen molar-refractivity contribution in [3.05, 3.63) is 69.8 Å². The summed E-state index contributed by atoms with van der Waals surface area (Å²) in [5.74, 6) is -1.32. The molecule has 0 aliphatic carbocycles. The molecule has 0 unspecified atom stereocenters. The van der Waals surface area contributed by atoms with E-state index >= 15 is 0 Å². The summed E-state index contributed by atoms with van der Waals surface area (Å²) in [5.41, 5.74) is 0.524. The number of hydrogen-bond donors (Lipinski definition) is 2. The van der Waals surface area contributed by atoms with Gasteiger partial charge in [0.05, 0.1) is 34.1 Å². The number of amides is 1. The summed E-state index contributed by atoms with van der Waals surface area (Å²) >= 11 is 12.1. The lowest BCUT2D eigenvalue weighted by Gasteiger charge is -2.10. The predicted octanol–water partition coefficient (Wildman–Crippen LogP) is 4.24. The molecule has 0 fully saturated rings. The molecule has 1 amide bonds. The first-order valence-corrected chi connectivity index (χ1v) is 8.03. The number of nitrogens with zero attached hydrogens (tertiary/aromatic N) is 1. The molecule has 0 aromatic heterocycles. The van der Waals surface area contributed by atoms with Gasteiger partial charge in [-0.3, -0.25) is 4.79 Å². The van der Waals surface area contributed by atoms with Crippen LogP contribution in [-0.4, -0.2) is 19.0 Å². The maximum atomic E-state index is 12.3. The molecule has 0 saturated carbocycles. The van der Waals surface area contributed by atoms with E-state index in [1.807, 2.05) is 0 Å². The molecule has 26 heavy (non-hydrogen) atoms. The van der Waals surface area contributed by atoms with Gasteiger partial charge in [0.1, 0.15) is 11.6 Å². The highest BCUT2D eigenvalue weighted by Gasteiger charge is 2.16. The molecule has 8 heteroatoms. The maximum Gasteiger partial charge on any atom is 0.339 e. The van der Waals surface area contributed by atoms with E-state index in [0.29, 0.717) is 15.7 Å². The van der Waals surface area contributed by atoms with E-state index < -0.39 is 11.9 Å². The molecule has 0 atom stereocenters. The molecule has 2 rings (SSSR count). The van der Waals surface area contributed by atoms with E-state index in [0.717, 1.165) is 0 Å². The Bertz CT molecular complexity index is 900. The first kappa shape index (κ1) is 19.3. The van der Waals surface area contributed by atoms with Crippen LogP contribution in [0.3, 0.4) is 0 Å². The zero-order chi connectivity index (χ0) is 19.1. The molecule has 2 N–H and O–H groups in total. The highest BCUT2D eigenvalue weighted by molar-refractivity contribution is 6.39. The fourth-order valence-electron chi connectivity index (χ4n) is 2.00. The smallest absolute Gasteiger partial charge is 0.339 e. The van der Waals surface area contributed by atoms with Crippen molar-refractivity contribution in [3.63, 3.8) is 0 Å². The number of halogens is 2. The quantitative estimate of drug-likeness (QED) is 0.453. The molecule has 2 aromatic carbocycles. The minimum atomic E-state index is -0.709. The van der Waals surface area contributed by atoms with Crippen LogP contribution in [-0.2, 0) is 9.53 Å². The number of carbonyl (C=O) groups excluding carboxylic acids is 2. The van der Waals surface area contributed by atoms with Gasteiger partial charge in [-0.2, -0.15) is 5.26 Å². The molecule has 0 aliphatic rings. The fraction of sp³-hybridized carbons (Fsp3) is 0.0556. The molecule has 2 aromatic rings. The second kappa shape index (κ2) is 8.90. The number of anilines is 2. The van der Waals surface area contributed by atoms with Crippen LogP contribution in [0.5, 0.6) is 0 Å². The molecule has 0 saturated heterocycles. The topological polar surface area (TPSA) is 91.2 Å². The summed E-state index contributed by atoms with van der Waals surface area (Å²) in [5, 5.41) is 15.2. The second-order valence-electron chi connectivity index (χ2n) is 4.90. The van der Waals surface area contributed by atoms with Crippen molar-refractivity contribution < 1.29 is 14.3 Å². The third kappa shape index (κ3) is 4.54. The van der Waals surface area contributed by atoms with Crippen molar-refractivity contribution in [1.82, 2.24) is 0 Å². The van der Waals surface area contributed by atoms with Gasteiger partial charge in [-0.1, -0.05) is 41.4 Å². The van der Waals surface area contributed by atoms with Gasteiger partial charge in [-0.05, 0) is 24.3 Å². The third-order valence-electron chi connectivity index (χ3n) is 3.27. The number of carbonyl (C=O) groups is 2. The minimum Gasteiger partial charge on any atom is -0.465 e. The van der Waals surface area contributed by atoms with Gasteiger partial charge in [0.15, 0.2) is 0 Å². The summed E-state index contributed by atoms with van der Waals surface area (Å²) in [6.07, 6.45) is 1.18. The average molecular weight is 390 g/mol. The Labute approximate surface area is 160 Å². The number of hydrogen-bond acceptors (Lipinski definition) is 5. The molecule has 0 spiro atoms. The van der Waals surface area contributed by atoms with Gasteiger partial charge >= 0.3 is 5.97 Å². The summed E-state index contributed by atoms with van der Waals surface area (Å²) in [6, 6.07) is 13.0. The number of para-hydroxylation sites is 2. The zero-order valence-electron chi connectivity index (χ0n) is 13.5. The SMILES string of the molecule is COC(=O)c1ccccc1NC(=O)/C(C#N)=C\Nc1c(Cl)cccc1Cl. The number of nitriles is 1. The van der Waals surface area contributed by atoms with Crippen molar-refractivity contribution in [1.29, 1.82) is 5.26 Å². The lowest BCUT2D eigenvalue weighted by Crippen LogP contribution is -2.17. The number of nitrogens with one attached hydrogen (secondary N) is 2. The molecule has 0 aliphatic heterocycles. The van der Waals surface area contributed by atoms with Crippen LogP contribution in [0.25, 0.3) is 0 Å². The number of rotatable bonds is 5. The third-order valence-corrected chi connectivity index (χ3v) is 3.90. The second-order valence-corrected chi connectivity index (χ2v) is 5.72. The largest absolute Gasteiger partial charge is 0.465 e. The highest BCUT2D eigenvalue weighted by Crippen LogP contribution is 2.30. The summed E-state index contributed by atoms with van der Waals surface area (Å²) < 4.78 is 4.67. The number of benzene rings is 2. The fourth-order valence-corrected chi connectivity index (χ4v) is 2.50. The van der Waals surface area contributed by atoms with Crippen LogP contribution in [0.1, 0.15) is 10.4 Å². The van der Waals surface area contributed by atoms with Crippen molar-refractivity contribution in [2.75, 3.05) is 17.7 Å². The maximum absolute atomic E-state index is 12.3. The normalized spacial score (nSPS) is 10.6. The minimum absolute atomic E-state index is 0.169. The summed E-state index contributed by atoms with van der Waals surface area (Å²) in [7, 11) is 1.23. The Morgan fingerprint density at radius 1 is 1.12 bits per heavy atom. The van der Waals surface area contributed by atoms with Crippen LogP contribution < -0.4 is 10.6 Å². The van der Waals surface area contributed by atoms with Crippen LogP contribution in [0.4, 0.5) is 11.4 Å². The lowest BCUT2D eigenvalue weighted by molar-refractivity contribution is -0.112. The van der Waals surface area contributed by atoms with Crippen molar-refractivity contribution in [2.24, 2.45) is 0 Å². The summed E-state index contributed by atoms with van der Waals surface area (Å²) in [6.45, 7) is 0. The number of methoxy groups -OCH3 is 1. The van der Waals surface area contributed by atoms with E-state index in [9.17, 15) is 14.9 Å². The van der Waals surface area contributed by atoms with Crippen molar-refractivity contribution in [2.45, 2.75) is 0 Å². The molecule has 0 heterocycles. The Morgan fingerprint density at radius 2 is 1.77 bits per heavy atom. The van der Waals surface area contributed by atoms with E-state index in [4.69, 9.17) is 23.2 Å². The molecule has 0 radical (unpaired) electrons. The molecule has 6 nitrogen and oxygen atoms in total. The zero-order valence-corrected chi connectivity index (χ0v) is 15.1. The monoisotopic (exact) mass is 389 g/mol. The molecular formula is C18H13Cl2N3O3. The van der Waals surface area contributed by atoms with E-state index in [1.54, 1.807) is 36.4 Å². The van der Waals surface area contributed by atoms with E-state index in [2.05, 4.69) is 15.4 Å². The van der Waals surface area contributed by atoms with Crippen molar-refractivity contribution in [3.8, 4) is 6.07 Å². The standard InChI is InChI=1S/C18H13Cl2N3O3/c1-26-18(25)12-5-2-3-8-15(12)23-17(24)11(9-21)10-22-16-13(19)6-4-7-14(16)20/h2-8,10,22H,1H3,(H,23,24)/b11-10-. The van der Waals surface area contributed by atoms with Crippen molar-refractivity contribution >= 4 is 46.5 Å². The lowest BCUT2D eigenvalue weighted by atomic mass is 10.1. The average Bonchev–Trinajstić information content (AvgIpc) is 2.64. The molecule has 132 valence electrons. The van der Waals surface area contributed by atoms with Gasteiger partial charge < -0.3 is 15.4 Å². The number of ether oxygens (including phenoxy) is 1. The van der Waals surface area contributed by atoms with Gasteiger partial charge in [0.2, 0.25) is 0 Å². The summed E-state index contributed by atoms with van der Waals surface area (Å²) in [4.78, 5) is 24.1. The van der Waals surface area contributed by atoms with E-state index in [-0.39, 0.29) is 16.8 Å². The predicted molar refractivity (Wildman–Crippen MR) is 100 cm³/mol. The first-order valence-electron chi connectivity index (χ1n) is 7.27.